The van der Waals surface area contributed by atoms with Crippen LogP contribution in [0.3, 0.4) is 0 Å². The number of hydrogen-bond donors (Lipinski definition) is 0. The Morgan fingerprint density at radius 1 is 0.489 bits per heavy atom. The van der Waals surface area contributed by atoms with Gasteiger partial charge in [0.1, 0.15) is 17.0 Å². The quantitative estimate of drug-likeness (QED) is 0.191. The normalized spacial score (nSPS) is 12.1. The lowest BCUT2D eigenvalue weighted by atomic mass is 9.97. The van der Waals surface area contributed by atoms with E-state index in [9.17, 15) is 0 Å². The summed E-state index contributed by atoms with van der Waals surface area (Å²) in [6.45, 7) is 0. The van der Waals surface area contributed by atoms with Gasteiger partial charge in [0.05, 0.1) is 21.9 Å². The molecule has 4 aromatic heterocycles. The van der Waals surface area contributed by atoms with Crippen LogP contribution < -0.4 is 0 Å². The van der Waals surface area contributed by atoms with Crippen molar-refractivity contribution in [3.05, 3.63) is 140 Å². The molecule has 0 bridgehead atoms. The van der Waals surface area contributed by atoms with Gasteiger partial charge in [-0.25, -0.2) is 4.98 Å². The highest BCUT2D eigenvalue weighted by molar-refractivity contribution is 7.99. The van der Waals surface area contributed by atoms with E-state index >= 15 is 0 Å². The first-order chi connectivity index (χ1) is 22.3. The summed E-state index contributed by atoms with van der Waals surface area (Å²) in [6, 6.07) is 45.0. The predicted octanol–water partition coefficient (Wildman–Crippen LogP) is 11.1. The molecule has 210 valence electrons. The molecule has 5 heteroatoms. The van der Waals surface area contributed by atoms with Crippen LogP contribution in [-0.2, 0) is 0 Å². The molecular formula is C40H23N3OS. The second kappa shape index (κ2) is 9.42. The minimum Gasteiger partial charge on any atom is -0.456 e. The SMILES string of the molecule is c1ccc(-n2c3cc(Sc4ccc5c6ccccc6c6cccnc6c5c4)ccc3c3ccc4oc5ccccc5c4c32)nc1. The highest BCUT2D eigenvalue weighted by Crippen LogP contribution is 2.43. The summed E-state index contributed by atoms with van der Waals surface area (Å²) in [5.74, 6) is 0.882. The molecule has 0 aliphatic carbocycles. The lowest BCUT2D eigenvalue weighted by Crippen LogP contribution is -1.96. The number of pyridine rings is 2. The van der Waals surface area contributed by atoms with E-state index in [1.807, 2.05) is 42.7 Å². The van der Waals surface area contributed by atoms with Crippen molar-refractivity contribution in [3.8, 4) is 5.82 Å². The van der Waals surface area contributed by atoms with Gasteiger partial charge in [-0.2, -0.15) is 0 Å². The van der Waals surface area contributed by atoms with Crippen molar-refractivity contribution in [2.45, 2.75) is 9.79 Å². The zero-order chi connectivity index (χ0) is 29.5. The lowest BCUT2D eigenvalue weighted by Gasteiger charge is -2.11. The van der Waals surface area contributed by atoms with Crippen molar-refractivity contribution in [1.29, 1.82) is 0 Å². The molecule has 0 unspecified atom stereocenters. The standard InChI is InChI=1S/C40H23N3OS/c1-2-9-27-26(8-1)28-16-14-24(22-33(28)39-30(27)11-7-21-42-39)45-25-15-17-29-31-18-19-36-38(32-10-3-4-12-35(32)44-36)40(31)43(34(29)23-25)37-13-5-6-20-41-37/h1-23H. The first-order valence-electron chi connectivity index (χ1n) is 15.0. The Hall–Kier alpha value is -5.65. The number of nitrogens with zero attached hydrogens (tertiary/aromatic N) is 3. The van der Waals surface area contributed by atoms with E-state index in [-0.39, 0.29) is 0 Å². The van der Waals surface area contributed by atoms with Crippen molar-refractivity contribution in [2.24, 2.45) is 0 Å². The third-order valence-corrected chi connectivity index (χ3v) is 9.89. The first kappa shape index (κ1) is 24.8. The van der Waals surface area contributed by atoms with Gasteiger partial charge in [-0.3, -0.25) is 9.55 Å². The van der Waals surface area contributed by atoms with E-state index in [1.165, 1.54) is 42.6 Å². The van der Waals surface area contributed by atoms with Crippen molar-refractivity contribution in [1.82, 2.24) is 14.5 Å². The molecule has 0 fully saturated rings. The molecule has 0 aliphatic rings. The van der Waals surface area contributed by atoms with E-state index in [1.54, 1.807) is 11.8 Å². The fourth-order valence-corrected chi connectivity index (χ4v) is 7.92. The van der Waals surface area contributed by atoms with Crippen LogP contribution >= 0.6 is 11.8 Å². The third kappa shape index (κ3) is 3.62. The Morgan fingerprint density at radius 2 is 1.18 bits per heavy atom. The summed E-state index contributed by atoms with van der Waals surface area (Å²) >= 11 is 1.77. The molecule has 0 saturated carbocycles. The third-order valence-electron chi connectivity index (χ3n) is 8.92. The zero-order valence-corrected chi connectivity index (χ0v) is 24.8. The molecule has 0 saturated heterocycles. The fourth-order valence-electron chi connectivity index (χ4n) is 7.02. The maximum absolute atomic E-state index is 6.30. The number of hydrogen-bond acceptors (Lipinski definition) is 4. The van der Waals surface area contributed by atoms with Gasteiger partial charge in [0.2, 0.25) is 0 Å². The summed E-state index contributed by atoms with van der Waals surface area (Å²) in [6.07, 6.45) is 3.75. The first-order valence-corrected chi connectivity index (χ1v) is 15.8. The molecule has 0 radical (unpaired) electrons. The van der Waals surface area contributed by atoms with Gasteiger partial charge in [0, 0.05) is 49.1 Å². The highest BCUT2D eigenvalue weighted by Gasteiger charge is 2.20. The highest BCUT2D eigenvalue weighted by atomic mass is 32.2. The minimum absolute atomic E-state index is 0.878. The summed E-state index contributed by atoms with van der Waals surface area (Å²) < 4.78 is 8.59. The molecule has 0 aliphatic heterocycles. The average Bonchev–Trinajstić information content (AvgIpc) is 3.64. The van der Waals surface area contributed by atoms with Crippen molar-refractivity contribution in [3.63, 3.8) is 0 Å². The predicted molar refractivity (Wildman–Crippen MR) is 187 cm³/mol. The van der Waals surface area contributed by atoms with Crippen LogP contribution in [0.2, 0.25) is 0 Å². The Bertz CT molecular complexity index is 2760. The van der Waals surface area contributed by atoms with E-state index in [0.717, 1.165) is 49.2 Å². The fraction of sp³-hybridized carbons (Fsp3) is 0. The Labute approximate surface area is 261 Å². The minimum atomic E-state index is 0.878. The van der Waals surface area contributed by atoms with Crippen LogP contribution in [-0.4, -0.2) is 14.5 Å². The van der Waals surface area contributed by atoms with Gasteiger partial charge in [-0.15, -0.1) is 0 Å². The summed E-state index contributed by atoms with van der Waals surface area (Å²) in [5, 5.41) is 10.7. The number of furan rings is 1. The van der Waals surface area contributed by atoms with E-state index < -0.39 is 0 Å². The largest absolute Gasteiger partial charge is 0.456 e. The van der Waals surface area contributed by atoms with Gasteiger partial charge >= 0.3 is 0 Å². The number of benzene rings is 6. The number of rotatable bonds is 3. The average molecular weight is 594 g/mol. The summed E-state index contributed by atoms with van der Waals surface area (Å²) in [4.78, 5) is 12.0. The molecule has 10 aromatic rings. The van der Waals surface area contributed by atoms with Crippen LogP contribution in [0.15, 0.2) is 154 Å². The van der Waals surface area contributed by atoms with Gasteiger partial charge in [0.25, 0.3) is 0 Å². The molecule has 45 heavy (non-hydrogen) atoms. The number of fused-ring (bicyclic) bond motifs is 13. The van der Waals surface area contributed by atoms with Crippen LogP contribution in [0.4, 0.5) is 0 Å². The number of para-hydroxylation sites is 1. The molecule has 10 rings (SSSR count). The van der Waals surface area contributed by atoms with E-state index in [2.05, 4.69) is 102 Å². The second-order valence-electron chi connectivity index (χ2n) is 11.4. The van der Waals surface area contributed by atoms with Crippen LogP contribution in [0.25, 0.3) is 82.0 Å². The molecule has 0 atom stereocenters. The molecule has 0 N–H and O–H groups in total. The lowest BCUT2D eigenvalue weighted by molar-refractivity contribution is 0.669. The van der Waals surface area contributed by atoms with Crippen molar-refractivity contribution < 1.29 is 4.42 Å². The van der Waals surface area contributed by atoms with Gasteiger partial charge in [-0.05, 0) is 76.8 Å². The second-order valence-corrected chi connectivity index (χ2v) is 12.5. The molecular weight excluding hydrogens is 571 g/mol. The Morgan fingerprint density at radius 3 is 2.04 bits per heavy atom. The van der Waals surface area contributed by atoms with Gasteiger partial charge in [0.15, 0.2) is 0 Å². The summed E-state index contributed by atoms with van der Waals surface area (Å²) in [5.41, 5.74) is 5.03. The molecule has 0 amide bonds. The van der Waals surface area contributed by atoms with Crippen molar-refractivity contribution >= 4 is 88.0 Å². The molecule has 4 heterocycles. The van der Waals surface area contributed by atoms with E-state index in [0.29, 0.717) is 0 Å². The molecule has 6 aromatic carbocycles. The Balaban J connectivity index is 1.20. The van der Waals surface area contributed by atoms with Crippen LogP contribution in [0.5, 0.6) is 0 Å². The molecule has 4 nitrogen and oxygen atoms in total. The van der Waals surface area contributed by atoms with Crippen LogP contribution in [0.1, 0.15) is 0 Å². The smallest absolute Gasteiger partial charge is 0.137 e. The Kier molecular flexibility index (Phi) is 5.18. The van der Waals surface area contributed by atoms with E-state index in [4.69, 9.17) is 14.4 Å². The van der Waals surface area contributed by atoms with Crippen LogP contribution in [0, 0.1) is 0 Å². The monoisotopic (exact) mass is 593 g/mol. The van der Waals surface area contributed by atoms with Crippen molar-refractivity contribution in [2.75, 3.05) is 0 Å². The summed E-state index contributed by atoms with van der Waals surface area (Å²) in [7, 11) is 0. The maximum atomic E-state index is 6.30. The van der Waals surface area contributed by atoms with Gasteiger partial charge < -0.3 is 4.42 Å². The molecule has 0 spiro atoms. The topological polar surface area (TPSA) is 43.9 Å². The maximum Gasteiger partial charge on any atom is 0.137 e. The number of aromatic nitrogens is 3. The van der Waals surface area contributed by atoms with Gasteiger partial charge in [-0.1, -0.05) is 78.5 Å². The zero-order valence-electron chi connectivity index (χ0n) is 23.9.